The molecule has 2 amide bonds. The van der Waals surface area contributed by atoms with Crippen LogP contribution in [0.5, 0.6) is 11.5 Å². The zero-order valence-electron chi connectivity index (χ0n) is 22.8. The predicted octanol–water partition coefficient (Wildman–Crippen LogP) is 5.72. The molecule has 0 aliphatic heterocycles. The smallest absolute Gasteiger partial charge is 0.243 e. The Morgan fingerprint density at radius 3 is 2.34 bits per heavy atom. The molecule has 0 aliphatic rings. The third-order valence-electron chi connectivity index (χ3n) is 6.41. The van der Waals surface area contributed by atoms with Crippen molar-refractivity contribution in [2.45, 2.75) is 58.5 Å². The molecule has 0 aromatic heterocycles. The molecule has 6 heteroatoms. The van der Waals surface area contributed by atoms with Crippen LogP contribution < -0.4 is 14.8 Å². The molecule has 0 saturated carbocycles. The number of carbonyl (C=O) groups excluding carboxylic acids is 2. The third-order valence-corrected chi connectivity index (χ3v) is 6.41. The predicted molar refractivity (Wildman–Crippen MR) is 151 cm³/mol. The monoisotopic (exact) mass is 516 g/mol. The number of nitrogens with one attached hydrogen (secondary N) is 1. The van der Waals surface area contributed by atoms with Gasteiger partial charge in [-0.3, -0.25) is 9.59 Å². The number of hydrogen-bond acceptors (Lipinski definition) is 4. The van der Waals surface area contributed by atoms with E-state index in [4.69, 9.17) is 9.47 Å². The number of ether oxygens (including phenoxy) is 2. The van der Waals surface area contributed by atoms with Gasteiger partial charge in [-0.1, -0.05) is 73.5 Å². The fourth-order valence-electron chi connectivity index (χ4n) is 4.22. The molecular formula is C32H40N2O4. The second-order valence-corrected chi connectivity index (χ2v) is 9.49. The standard InChI is InChI=1S/C32H40N2O4/c1-4-5-20-33-32(36)30(23-26-11-7-6-8-12-26)34(24-27-13-9-14-29(22-27)37-3)31(35)15-10-21-38-28-18-16-25(2)17-19-28/h6-9,11-14,16-19,22,30H,4-5,10,15,20-21,23-24H2,1-3H3,(H,33,36)/t30-/m1/s1. The molecular weight excluding hydrogens is 476 g/mol. The van der Waals surface area contributed by atoms with Crippen LogP contribution in [0.2, 0.25) is 0 Å². The summed E-state index contributed by atoms with van der Waals surface area (Å²) in [7, 11) is 1.62. The van der Waals surface area contributed by atoms with Gasteiger partial charge in [-0.05, 0) is 55.2 Å². The van der Waals surface area contributed by atoms with Crippen molar-refractivity contribution >= 4 is 11.8 Å². The maximum atomic E-state index is 13.7. The molecule has 0 spiro atoms. The van der Waals surface area contributed by atoms with Crippen molar-refractivity contribution in [1.29, 1.82) is 0 Å². The molecule has 202 valence electrons. The Bertz CT molecular complexity index is 1130. The average Bonchev–Trinajstić information content (AvgIpc) is 2.94. The van der Waals surface area contributed by atoms with Crippen LogP contribution in [-0.4, -0.2) is 43.0 Å². The summed E-state index contributed by atoms with van der Waals surface area (Å²) >= 11 is 0. The van der Waals surface area contributed by atoms with E-state index >= 15 is 0 Å². The zero-order chi connectivity index (χ0) is 27.2. The topological polar surface area (TPSA) is 67.9 Å². The van der Waals surface area contributed by atoms with E-state index < -0.39 is 6.04 Å². The van der Waals surface area contributed by atoms with Gasteiger partial charge < -0.3 is 19.7 Å². The van der Waals surface area contributed by atoms with Crippen LogP contribution >= 0.6 is 0 Å². The highest BCUT2D eigenvalue weighted by atomic mass is 16.5. The summed E-state index contributed by atoms with van der Waals surface area (Å²) in [6, 6.07) is 24.7. The van der Waals surface area contributed by atoms with Crippen molar-refractivity contribution in [1.82, 2.24) is 10.2 Å². The molecule has 1 atom stereocenters. The van der Waals surface area contributed by atoms with Gasteiger partial charge in [0.05, 0.1) is 13.7 Å². The molecule has 3 aromatic rings. The number of benzene rings is 3. The highest BCUT2D eigenvalue weighted by Crippen LogP contribution is 2.20. The average molecular weight is 517 g/mol. The van der Waals surface area contributed by atoms with Gasteiger partial charge >= 0.3 is 0 Å². The number of rotatable bonds is 15. The van der Waals surface area contributed by atoms with Crippen LogP contribution in [0, 0.1) is 6.92 Å². The Kier molecular flexibility index (Phi) is 11.7. The fraction of sp³-hybridized carbons (Fsp3) is 0.375. The van der Waals surface area contributed by atoms with E-state index in [-0.39, 0.29) is 18.2 Å². The molecule has 6 nitrogen and oxygen atoms in total. The molecule has 38 heavy (non-hydrogen) atoms. The lowest BCUT2D eigenvalue weighted by Gasteiger charge is -2.32. The molecule has 0 radical (unpaired) electrons. The van der Waals surface area contributed by atoms with Crippen molar-refractivity contribution in [3.8, 4) is 11.5 Å². The number of hydrogen-bond donors (Lipinski definition) is 1. The molecule has 0 aliphatic carbocycles. The molecule has 3 aromatic carbocycles. The summed E-state index contributed by atoms with van der Waals surface area (Å²) in [6.07, 6.45) is 3.15. The second kappa shape index (κ2) is 15.5. The first-order valence-electron chi connectivity index (χ1n) is 13.4. The Morgan fingerprint density at radius 1 is 0.895 bits per heavy atom. The first kappa shape index (κ1) is 28.8. The second-order valence-electron chi connectivity index (χ2n) is 9.49. The maximum Gasteiger partial charge on any atom is 0.243 e. The van der Waals surface area contributed by atoms with Gasteiger partial charge in [-0.2, -0.15) is 0 Å². The van der Waals surface area contributed by atoms with Gasteiger partial charge in [0.15, 0.2) is 0 Å². The van der Waals surface area contributed by atoms with Crippen LogP contribution in [0.25, 0.3) is 0 Å². The van der Waals surface area contributed by atoms with E-state index in [9.17, 15) is 9.59 Å². The first-order valence-corrected chi connectivity index (χ1v) is 13.4. The summed E-state index contributed by atoms with van der Waals surface area (Å²) in [5.41, 5.74) is 3.09. The van der Waals surface area contributed by atoms with E-state index in [0.717, 1.165) is 29.7 Å². The molecule has 0 heterocycles. The number of carbonyl (C=O) groups is 2. The van der Waals surface area contributed by atoms with Crippen molar-refractivity contribution in [2.75, 3.05) is 20.3 Å². The quantitative estimate of drug-likeness (QED) is 0.262. The molecule has 0 bridgehead atoms. The lowest BCUT2D eigenvalue weighted by atomic mass is 10.0. The van der Waals surface area contributed by atoms with Crippen LogP contribution in [0.1, 0.15) is 49.3 Å². The Hall–Kier alpha value is -3.80. The lowest BCUT2D eigenvalue weighted by Crippen LogP contribution is -2.50. The van der Waals surface area contributed by atoms with Crippen molar-refractivity contribution in [2.24, 2.45) is 0 Å². The third kappa shape index (κ3) is 9.25. The van der Waals surface area contributed by atoms with Crippen LogP contribution in [0.3, 0.4) is 0 Å². The maximum absolute atomic E-state index is 13.7. The van der Waals surface area contributed by atoms with Gasteiger partial charge in [-0.15, -0.1) is 0 Å². The molecule has 0 saturated heterocycles. The fourth-order valence-corrected chi connectivity index (χ4v) is 4.22. The van der Waals surface area contributed by atoms with E-state index in [0.29, 0.717) is 38.3 Å². The minimum absolute atomic E-state index is 0.0769. The Balaban J connectivity index is 1.79. The van der Waals surface area contributed by atoms with E-state index in [1.165, 1.54) is 5.56 Å². The van der Waals surface area contributed by atoms with Crippen LogP contribution in [-0.2, 0) is 22.6 Å². The largest absolute Gasteiger partial charge is 0.497 e. The minimum Gasteiger partial charge on any atom is -0.497 e. The summed E-state index contributed by atoms with van der Waals surface area (Å²) < 4.78 is 11.2. The van der Waals surface area contributed by atoms with Crippen molar-refractivity contribution < 1.29 is 19.1 Å². The molecule has 1 N–H and O–H groups in total. The number of methoxy groups -OCH3 is 1. The van der Waals surface area contributed by atoms with Gasteiger partial charge in [0.2, 0.25) is 11.8 Å². The Labute approximate surface area is 227 Å². The molecule has 3 rings (SSSR count). The van der Waals surface area contributed by atoms with Crippen LogP contribution in [0.4, 0.5) is 0 Å². The number of aryl methyl sites for hydroxylation is 1. The Morgan fingerprint density at radius 2 is 1.63 bits per heavy atom. The normalized spacial score (nSPS) is 11.4. The summed E-state index contributed by atoms with van der Waals surface area (Å²) in [5.74, 6) is 1.29. The van der Waals surface area contributed by atoms with E-state index in [1.807, 2.05) is 85.8 Å². The highest BCUT2D eigenvalue weighted by molar-refractivity contribution is 5.88. The van der Waals surface area contributed by atoms with Gasteiger partial charge in [-0.25, -0.2) is 0 Å². The lowest BCUT2D eigenvalue weighted by molar-refractivity contribution is -0.141. The van der Waals surface area contributed by atoms with Gasteiger partial charge in [0.1, 0.15) is 17.5 Å². The van der Waals surface area contributed by atoms with Gasteiger partial charge in [0, 0.05) is 25.9 Å². The highest BCUT2D eigenvalue weighted by Gasteiger charge is 2.30. The number of unbranched alkanes of at least 4 members (excludes halogenated alkanes) is 1. The summed E-state index contributed by atoms with van der Waals surface area (Å²) in [4.78, 5) is 28.9. The van der Waals surface area contributed by atoms with Crippen LogP contribution in [0.15, 0.2) is 78.9 Å². The van der Waals surface area contributed by atoms with Gasteiger partial charge in [0.25, 0.3) is 0 Å². The van der Waals surface area contributed by atoms with Crippen molar-refractivity contribution in [3.05, 3.63) is 95.6 Å². The van der Waals surface area contributed by atoms with Crippen molar-refractivity contribution in [3.63, 3.8) is 0 Å². The van der Waals surface area contributed by atoms with E-state index in [1.54, 1.807) is 12.0 Å². The zero-order valence-corrected chi connectivity index (χ0v) is 22.8. The van der Waals surface area contributed by atoms with E-state index in [2.05, 4.69) is 12.2 Å². The summed E-state index contributed by atoms with van der Waals surface area (Å²) in [5, 5.41) is 3.06. The first-order chi connectivity index (χ1) is 18.5. The molecule has 0 unspecified atom stereocenters. The number of amides is 2. The minimum atomic E-state index is -0.633. The molecule has 0 fully saturated rings. The summed E-state index contributed by atoms with van der Waals surface area (Å²) in [6.45, 7) is 5.45. The SMILES string of the molecule is CCCCNC(=O)[C@@H](Cc1ccccc1)N(Cc1cccc(OC)c1)C(=O)CCCOc1ccc(C)cc1. The number of nitrogens with zero attached hydrogens (tertiary/aromatic N) is 1.